The first-order chi connectivity index (χ1) is 11.9. The van der Waals surface area contributed by atoms with Gasteiger partial charge in [-0.3, -0.25) is 14.4 Å². The number of nitrogens with one attached hydrogen (secondary N) is 2. The van der Waals surface area contributed by atoms with Crippen molar-refractivity contribution in [2.45, 2.75) is 32.7 Å². The summed E-state index contributed by atoms with van der Waals surface area (Å²) >= 11 is 1.07. The molecule has 2 N–H and O–H groups in total. The van der Waals surface area contributed by atoms with Crippen molar-refractivity contribution in [1.82, 2.24) is 5.32 Å². The smallest absolute Gasteiger partial charge is 0.316 e. The number of hydrogen-bond acceptors (Lipinski definition) is 5. The molecule has 1 rings (SSSR count). The highest BCUT2D eigenvalue weighted by molar-refractivity contribution is 8.00. The average Bonchev–Trinajstić information content (AvgIpc) is 2.59. The second-order valence-corrected chi connectivity index (χ2v) is 6.28. The predicted octanol–water partition coefficient (Wildman–Crippen LogP) is 2.35. The standard InChI is InChI=1S/C17H23FN2O4S/c1-3-13(4-2)19-15(21)9-24-17(23)11-25-10-16(22)20-14-7-5-12(18)6-8-14/h5-8,13H,3-4,9-11H2,1-2H3,(H,19,21)(H,20,22). The van der Waals surface area contributed by atoms with Gasteiger partial charge in [-0.1, -0.05) is 13.8 Å². The van der Waals surface area contributed by atoms with Gasteiger partial charge in [0.05, 0.1) is 11.5 Å². The van der Waals surface area contributed by atoms with E-state index in [1.165, 1.54) is 24.3 Å². The van der Waals surface area contributed by atoms with Gasteiger partial charge in [-0.05, 0) is 37.1 Å². The molecular weight excluding hydrogens is 347 g/mol. The van der Waals surface area contributed by atoms with Gasteiger partial charge in [-0.2, -0.15) is 0 Å². The number of thioether (sulfide) groups is 1. The molecule has 0 unspecified atom stereocenters. The molecular formula is C17H23FN2O4S. The molecule has 0 heterocycles. The van der Waals surface area contributed by atoms with Crippen LogP contribution in [0, 0.1) is 5.82 Å². The molecule has 0 bridgehead atoms. The Bertz CT molecular complexity index is 577. The summed E-state index contributed by atoms with van der Waals surface area (Å²) in [6, 6.07) is 5.46. The van der Waals surface area contributed by atoms with Gasteiger partial charge in [0.15, 0.2) is 6.61 Å². The summed E-state index contributed by atoms with van der Waals surface area (Å²) in [6.07, 6.45) is 1.63. The first-order valence-corrected chi connectivity index (χ1v) is 9.18. The highest BCUT2D eigenvalue weighted by atomic mass is 32.2. The summed E-state index contributed by atoms with van der Waals surface area (Å²) in [7, 11) is 0. The van der Waals surface area contributed by atoms with Crippen LogP contribution in [0.3, 0.4) is 0 Å². The van der Waals surface area contributed by atoms with E-state index in [9.17, 15) is 18.8 Å². The Morgan fingerprint density at radius 2 is 1.72 bits per heavy atom. The van der Waals surface area contributed by atoms with Crippen molar-refractivity contribution in [3.63, 3.8) is 0 Å². The van der Waals surface area contributed by atoms with Gasteiger partial charge in [-0.25, -0.2) is 4.39 Å². The lowest BCUT2D eigenvalue weighted by Crippen LogP contribution is -2.37. The Morgan fingerprint density at radius 1 is 1.08 bits per heavy atom. The van der Waals surface area contributed by atoms with Gasteiger partial charge in [0.2, 0.25) is 5.91 Å². The Morgan fingerprint density at radius 3 is 2.32 bits per heavy atom. The summed E-state index contributed by atoms with van der Waals surface area (Å²) in [4.78, 5) is 34.8. The van der Waals surface area contributed by atoms with E-state index in [-0.39, 0.29) is 41.8 Å². The molecule has 0 aliphatic rings. The predicted molar refractivity (Wildman–Crippen MR) is 95.8 cm³/mol. The number of halogens is 1. The number of esters is 1. The first-order valence-electron chi connectivity index (χ1n) is 8.02. The summed E-state index contributed by atoms with van der Waals surface area (Å²) in [5, 5.41) is 5.35. The molecule has 0 saturated carbocycles. The van der Waals surface area contributed by atoms with Gasteiger partial charge in [0.1, 0.15) is 5.82 Å². The van der Waals surface area contributed by atoms with Crippen molar-refractivity contribution in [1.29, 1.82) is 0 Å². The molecule has 0 atom stereocenters. The molecule has 0 radical (unpaired) electrons. The second kappa shape index (κ2) is 11.5. The van der Waals surface area contributed by atoms with Gasteiger partial charge >= 0.3 is 5.97 Å². The molecule has 0 aromatic heterocycles. The number of benzene rings is 1. The number of amides is 2. The fraction of sp³-hybridized carbons (Fsp3) is 0.471. The van der Waals surface area contributed by atoms with E-state index in [2.05, 4.69) is 10.6 Å². The number of anilines is 1. The van der Waals surface area contributed by atoms with Crippen LogP contribution in [0.5, 0.6) is 0 Å². The van der Waals surface area contributed by atoms with Crippen LogP contribution in [0.2, 0.25) is 0 Å². The Hall–Kier alpha value is -2.09. The average molecular weight is 370 g/mol. The number of carbonyl (C=O) groups excluding carboxylic acids is 3. The van der Waals surface area contributed by atoms with Crippen LogP contribution in [0.1, 0.15) is 26.7 Å². The minimum absolute atomic E-state index is 0.0326. The van der Waals surface area contributed by atoms with E-state index in [0.29, 0.717) is 5.69 Å². The van der Waals surface area contributed by atoms with Gasteiger partial charge in [-0.15, -0.1) is 11.8 Å². The number of rotatable bonds is 10. The van der Waals surface area contributed by atoms with Crippen LogP contribution in [0.15, 0.2) is 24.3 Å². The van der Waals surface area contributed by atoms with Crippen molar-refractivity contribution < 1.29 is 23.5 Å². The molecule has 6 nitrogen and oxygen atoms in total. The van der Waals surface area contributed by atoms with Gasteiger partial charge < -0.3 is 15.4 Å². The van der Waals surface area contributed by atoms with E-state index in [4.69, 9.17) is 4.74 Å². The molecule has 0 spiro atoms. The lowest BCUT2D eigenvalue weighted by molar-refractivity contribution is -0.146. The zero-order valence-electron chi connectivity index (χ0n) is 14.3. The van der Waals surface area contributed by atoms with Crippen LogP contribution in [-0.2, 0) is 19.1 Å². The van der Waals surface area contributed by atoms with E-state index >= 15 is 0 Å². The lowest BCUT2D eigenvalue weighted by Gasteiger charge is -2.14. The molecule has 8 heteroatoms. The molecule has 0 fully saturated rings. The third-order valence-corrected chi connectivity index (χ3v) is 4.20. The van der Waals surface area contributed by atoms with E-state index in [1.54, 1.807) is 0 Å². The molecule has 0 aliphatic heterocycles. The molecule has 1 aromatic carbocycles. The summed E-state index contributed by atoms with van der Waals surface area (Å²) in [5.41, 5.74) is 0.479. The molecule has 138 valence electrons. The molecule has 0 saturated heterocycles. The monoisotopic (exact) mass is 370 g/mol. The molecule has 2 amide bonds. The normalized spacial score (nSPS) is 10.4. The highest BCUT2D eigenvalue weighted by Crippen LogP contribution is 2.09. The molecule has 1 aromatic rings. The Kier molecular flexibility index (Phi) is 9.61. The largest absolute Gasteiger partial charge is 0.455 e. The minimum atomic E-state index is -0.556. The van der Waals surface area contributed by atoms with Crippen LogP contribution in [-0.4, -0.2) is 41.9 Å². The first kappa shape index (κ1) is 21.0. The van der Waals surface area contributed by atoms with Crippen molar-refractivity contribution >= 4 is 35.2 Å². The Labute approximate surface area is 150 Å². The van der Waals surface area contributed by atoms with E-state index < -0.39 is 5.97 Å². The third-order valence-electron chi connectivity index (χ3n) is 3.30. The van der Waals surface area contributed by atoms with Crippen molar-refractivity contribution in [3.05, 3.63) is 30.1 Å². The SMILES string of the molecule is CCC(CC)NC(=O)COC(=O)CSCC(=O)Nc1ccc(F)cc1. The van der Waals surface area contributed by atoms with E-state index in [1.807, 2.05) is 13.8 Å². The Balaban J connectivity index is 2.18. The maximum absolute atomic E-state index is 12.8. The zero-order valence-corrected chi connectivity index (χ0v) is 15.2. The van der Waals surface area contributed by atoms with Crippen LogP contribution in [0.4, 0.5) is 10.1 Å². The number of hydrogen-bond donors (Lipinski definition) is 2. The number of carbonyl (C=O) groups is 3. The third kappa shape index (κ3) is 9.09. The second-order valence-electron chi connectivity index (χ2n) is 5.29. The molecule has 25 heavy (non-hydrogen) atoms. The lowest BCUT2D eigenvalue weighted by atomic mass is 10.2. The zero-order chi connectivity index (χ0) is 18.7. The maximum Gasteiger partial charge on any atom is 0.316 e. The van der Waals surface area contributed by atoms with Crippen molar-refractivity contribution in [2.24, 2.45) is 0 Å². The van der Waals surface area contributed by atoms with Crippen LogP contribution < -0.4 is 10.6 Å². The summed E-state index contributed by atoms with van der Waals surface area (Å²) in [6.45, 7) is 3.61. The fourth-order valence-corrected chi connectivity index (χ4v) is 2.52. The minimum Gasteiger partial charge on any atom is -0.455 e. The summed E-state index contributed by atoms with van der Waals surface area (Å²) in [5.74, 6) is -1.57. The topological polar surface area (TPSA) is 84.5 Å². The maximum atomic E-state index is 12.8. The van der Waals surface area contributed by atoms with Gasteiger partial charge in [0.25, 0.3) is 5.91 Å². The van der Waals surface area contributed by atoms with Crippen LogP contribution >= 0.6 is 11.8 Å². The van der Waals surface area contributed by atoms with Crippen molar-refractivity contribution in [2.75, 3.05) is 23.4 Å². The number of ether oxygens (including phenoxy) is 1. The quantitative estimate of drug-likeness (QED) is 0.618. The summed E-state index contributed by atoms with van der Waals surface area (Å²) < 4.78 is 17.6. The molecule has 0 aliphatic carbocycles. The highest BCUT2D eigenvalue weighted by Gasteiger charge is 2.12. The van der Waals surface area contributed by atoms with Crippen molar-refractivity contribution in [3.8, 4) is 0 Å². The fourth-order valence-electron chi connectivity index (χ4n) is 1.91. The van der Waals surface area contributed by atoms with Gasteiger partial charge in [0, 0.05) is 11.7 Å². The van der Waals surface area contributed by atoms with Crippen LogP contribution in [0.25, 0.3) is 0 Å². The van der Waals surface area contributed by atoms with E-state index in [0.717, 1.165) is 24.6 Å².